The average molecular weight is 344 g/mol. The van der Waals surface area contributed by atoms with Crippen molar-refractivity contribution in [2.24, 2.45) is 0 Å². The maximum absolute atomic E-state index is 9.32. The Bertz CT molecular complexity index is 1000. The molecular formula is C21H20N4O. The van der Waals surface area contributed by atoms with Gasteiger partial charge in [-0.15, -0.1) is 0 Å². The number of nitrogens with one attached hydrogen (secondary N) is 2. The molecule has 0 unspecified atom stereocenters. The molecule has 0 radical (unpaired) electrons. The fourth-order valence-electron chi connectivity index (χ4n) is 2.90. The monoisotopic (exact) mass is 344 g/mol. The molecule has 4 aromatic rings. The third kappa shape index (κ3) is 3.25. The van der Waals surface area contributed by atoms with E-state index in [-0.39, 0.29) is 6.61 Å². The highest BCUT2D eigenvalue weighted by molar-refractivity contribution is 5.68. The van der Waals surface area contributed by atoms with E-state index in [4.69, 9.17) is 0 Å². The third-order valence-electron chi connectivity index (χ3n) is 4.39. The standard InChI is InChI=1S/C21H20N4O/c1-15-3-4-16(14-26)13-20(15)24-21-10-9-19(23-21)17-5-7-18(8-6-17)25-12-2-11-22-25/h2-13,23-24,26H,14H2,1H3. The van der Waals surface area contributed by atoms with Crippen LogP contribution in [-0.2, 0) is 6.61 Å². The zero-order chi connectivity index (χ0) is 17.9. The fraction of sp³-hybridized carbons (Fsp3) is 0.0952. The molecular weight excluding hydrogens is 324 g/mol. The lowest BCUT2D eigenvalue weighted by molar-refractivity contribution is 0.282. The number of nitrogens with zero attached hydrogens (tertiary/aromatic N) is 2. The van der Waals surface area contributed by atoms with Gasteiger partial charge >= 0.3 is 0 Å². The lowest BCUT2D eigenvalue weighted by atomic mass is 10.1. The molecule has 0 saturated carbocycles. The first-order valence-corrected chi connectivity index (χ1v) is 8.50. The molecule has 5 heteroatoms. The molecule has 0 atom stereocenters. The van der Waals surface area contributed by atoms with Crippen LogP contribution in [0.3, 0.4) is 0 Å². The number of hydrogen-bond donors (Lipinski definition) is 3. The van der Waals surface area contributed by atoms with E-state index in [2.05, 4.69) is 33.6 Å². The summed E-state index contributed by atoms with van der Waals surface area (Å²) in [6.07, 6.45) is 3.69. The number of aliphatic hydroxyl groups is 1. The van der Waals surface area contributed by atoms with Gasteiger partial charge in [0, 0.05) is 23.8 Å². The van der Waals surface area contributed by atoms with Gasteiger partial charge in [-0.05, 0) is 60.0 Å². The number of hydrogen-bond acceptors (Lipinski definition) is 3. The Kier molecular flexibility index (Phi) is 4.29. The van der Waals surface area contributed by atoms with E-state index in [0.29, 0.717) is 0 Å². The van der Waals surface area contributed by atoms with Crippen LogP contribution in [0, 0.1) is 6.92 Å². The lowest BCUT2D eigenvalue weighted by Crippen LogP contribution is -1.95. The van der Waals surface area contributed by atoms with Crippen LogP contribution < -0.4 is 5.32 Å². The van der Waals surface area contributed by atoms with Crippen LogP contribution in [0.15, 0.2) is 73.1 Å². The molecule has 0 amide bonds. The van der Waals surface area contributed by atoms with Gasteiger partial charge in [-0.2, -0.15) is 5.10 Å². The smallest absolute Gasteiger partial charge is 0.108 e. The minimum atomic E-state index is 0.0353. The van der Waals surface area contributed by atoms with Gasteiger partial charge in [-0.3, -0.25) is 0 Å². The van der Waals surface area contributed by atoms with Gasteiger partial charge in [-0.25, -0.2) is 4.68 Å². The highest BCUT2D eigenvalue weighted by atomic mass is 16.3. The highest BCUT2D eigenvalue weighted by Gasteiger charge is 2.05. The maximum Gasteiger partial charge on any atom is 0.108 e. The molecule has 0 spiro atoms. The number of rotatable bonds is 5. The average Bonchev–Trinajstić information content (AvgIpc) is 3.36. The first-order valence-electron chi connectivity index (χ1n) is 8.50. The first-order chi connectivity index (χ1) is 12.7. The molecule has 3 N–H and O–H groups in total. The van der Waals surface area contributed by atoms with Crippen molar-refractivity contribution in [3.05, 3.63) is 84.2 Å². The number of anilines is 2. The first kappa shape index (κ1) is 16.2. The minimum absolute atomic E-state index is 0.0353. The Labute approximate surface area is 151 Å². The summed E-state index contributed by atoms with van der Waals surface area (Å²) in [5.41, 5.74) is 6.17. The molecule has 0 saturated heterocycles. The highest BCUT2D eigenvalue weighted by Crippen LogP contribution is 2.26. The molecule has 0 bridgehead atoms. The summed E-state index contributed by atoms with van der Waals surface area (Å²) in [6.45, 7) is 2.08. The van der Waals surface area contributed by atoms with E-state index >= 15 is 0 Å². The van der Waals surface area contributed by atoms with Gasteiger partial charge in [0.25, 0.3) is 0 Å². The van der Waals surface area contributed by atoms with Crippen LogP contribution in [0.25, 0.3) is 16.9 Å². The summed E-state index contributed by atoms with van der Waals surface area (Å²) in [5, 5.41) is 17.0. The second-order valence-corrected chi connectivity index (χ2v) is 6.22. The Hall–Kier alpha value is -3.31. The van der Waals surface area contributed by atoms with Crippen molar-refractivity contribution < 1.29 is 5.11 Å². The Morgan fingerprint density at radius 3 is 2.65 bits per heavy atom. The van der Waals surface area contributed by atoms with Crippen molar-refractivity contribution in [3.8, 4) is 16.9 Å². The molecule has 0 aliphatic heterocycles. The van der Waals surface area contributed by atoms with Gasteiger partial charge in [0.2, 0.25) is 0 Å². The van der Waals surface area contributed by atoms with Crippen molar-refractivity contribution in [2.75, 3.05) is 5.32 Å². The maximum atomic E-state index is 9.32. The van der Waals surface area contributed by atoms with Crippen molar-refractivity contribution in [3.63, 3.8) is 0 Å². The zero-order valence-electron chi connectivity index (χ0n) is 14.5. The summed E-state index contributed by atoms with van der Waals surface area (Å²) in [5.74, 6) is 0.911. The SMILES string of the molecule is Cc1ccc(CO)cc1Nc1ccc(-c2ccc(-n3cccn3)cc2)[nH]1. The van der Waals surface area contributed by atoms with Crippen molar-refractivity contribution in [2.45, 2.75) is 13.5 Å². The number of aromatic nitrogens is 3. The molecule has 26 heavy (non-hydrogen) atoms. The summed E-state index contributed by atoms with van der Waals surface area (Å²) >= 11 is 0. The molecule has 2 aromatic heterocycles. The van der Waals surface area contributed by atoms with Crippen LogP contribution in [0.2, 0.25) is 0 Å². The number of aromatic amines is 1. The van der Waals surface area contributed by atoms with Crippen molar-refractivity contribution >= 4 is 11.5 Å². The summed E-state index contributed by atoms with van der Waals surface area (Å²) in [4.78, 5) is 3.40. The fourth-order valence-corrected chi connectivity index (χ4v) is 2.90. The molecule has 2 aromatic carbocycles. The van der Waals surface area contributed by atoms with Crippen LogP contribution in [0.5, 0.6) is 0 Å². The van der Waals surface area contributed by atoms with E-state index in [1.807, 2.05) is 60.3 Å². The number of H-pyrrole nitrogens is 1. The van der Waals surface area contributed by atoms with E-state index in [9.17, 15) is 5.11 Å². The lowest BCUT2D eigenvalue weighted by Gasteiger charge is -2.09. The van der Waals surface area contributed by atoms with E-state index in [1.165, 1.54) is 0 Å². The number of aryl methyl sites for hydroxylation is 1. The summed E-state index contributed by atoms with van der Waals surface area (Å²) < 4.78 is 1.84. The molecule has 5 nitrogen and oxygen atoms in total. The molecule has 0 aliphatic carbocycles. The normalized spacial score (nSPS) is 10.8. The second-order valence-electron chi connectivity index (χ2n) is 6.22. The van der Waals surface area contributed by atoms with E-state index in [0.717, 1.165) is 39.6 Å². The topological polar surface area (TPSA) is 65.9 Å². The number of aliphatic hydroxyl groups excluding tert-OH is 1. The second kappa shape index (κ2) is 6.90. The minimum Gasteiger partial charge on any atom is -0.392 e. The van der Waals surface area contributed by atoms with Gasteiger partial charge in [0.05, 0.1) is 12.3 Å². The van der Waals surface area contributed by atoms with Crippen LogP contribution in [-0.4, -0.2) is 19.9 Å². The van der Waals surface area contributed by atoms with Crippen LogP contribution in [0.1, 0.15) is 11.1 Å². The van der Waals surface area contributed by atoms with Gasteiger partial charge in [-0.1, -0.05) is 24.3 Å². The van der Waals surface area contributed by atoms with E-state index in [1.54, 1.807) is 6.20 Å². The van der Waals surface area contributed by atoms with E-state index < -0.39 is 0 Å². The Balaban J connectivity index is 1.55. The Morgan fingerprint density at radius 2 is 1.92 bits per heavy atom. The van der Waals surface area contributed by atoms with Crippen molar-refractivity contribution in [1.29, 1.82) is 0 Å². The van der Waals surface area contributed by atoms with Gasteiger partial charge < -0.3 is 15.4 Å². The molecule has 4 rings (SSSR count). The number of benzene rings is 2. The molecule has 130 valence electrons. The Morgan fingerprint density at radius 1 is 1.08 bits per heavy atom. The third-order valence-corrected chi connectivity index (χ3v) is 4.39. The predicted molar refractivity (Wildman–Crippen MR) is 104 cm³/mol. The van der Waals surface area contributed by atoms with Crippen LogP contribution >= 0.6 is 0 Å². The molecule has 0 fully saturated rings. The molecule has 0 aliphatic rings. The van der Waals surface area contributed by atoms with Crippen LogP contribution in [0.4, 0.5) is 11.5 Å². The van der Waals surface area contributed by atoms with Gasteiger partial charge in [0.1, 0.15) is 5.82 Å². The zero-order valence-corrected chi connectivity index (χ0v) is 14.5. The summed E-state index contributed by atoms with van der Waals surface area (Å²) in [7, 11) is 0. The van der Waals surface area contributed by atoms with Gasteiger partial charge in [0.15, 0.2) is 0 Å². The largest absolute Gasteiger partial charge is 0.392 e. The molecule has 2 heterocycles. The predicted octanol–water partition coefficient (Wildman–Crippen LogP) is 4.41. The quantitative estimate of drug-likeness (QED) is 0.502. The summed E-state index contributed by atoms with van der Waals surface area (Å²) in [6, 6.07) is 20.1. The van der Waals surface area contributed by atoms with Crippen molar-refractivity contribution in [1.82, 2.24) is 14.8 Å².